The first-order valence-corrected chi connectivity index (χ1v) is 11.8. The molecule has 1 atom stereocenters. The van der Waals surface area contributed by atoms with Gasteiger partial charge >= 0.3 is 0 Å². The molecule has 1 aromatic carbocycles. The molecule has 0 aliphatic rings. The fourth-order valence-electron chi connectivity index (χ4n) is 3.49. The van der Waals surface area contributed by atoms with Crippen molar-refractivity contribution in [2.24, 2.45) is 0 Å². The van der Waals surface area contributed by atoms with E-state index in [1.807, 2.05) is 38.3 Å². The lowest BCUT2D eigenvalue weighted by atomic mass is 10.1. The smallest absolute Gasteiger partial charge is 0.251 e. The van der Waals surface area contributed by atoms with Crippen molar-refractivity contribution in [3.05, 3.63) is 71.2 Å². The first-order valence-electron chi connectivity index (χ1n) is 10.9. The van der Waals surface area contributed by atoms with Gasteiger partial charge in [0, 0.05) is 5.54 Å². The fraction of sp³-hybridized carbons (Fsp3) is 0.292. The highest BCUT2D eigenvalue weighted by Crippen LogP contribution is 2.32. The summed E-state index contributed by atoms with van der Waals surface area (Å²) in [5.41, 5.74) is -0.677. The molecule has 35 heavy (non-hydrogen) atoms. The van der Waals surface area contributed by atoms with E-state index in [1.165, 1.54) is 29.5 Å². The molecule has 0 aliphatic carbocycles. The second kappa shape index (κ2) is 9.79. The second-order valence-electron chi connectivity index (χ2n) is 8.93. The number of aryl methyl sites for hydroxylation is 1. The summed E-state index contributed by atoms with van der Waals surface area (Å²) >= 11 is 1.44. The van der Waals surface area contributed by atoms with Crippen LogP contribution in [0.5, 0.6) is 0 Å². The quantitative estimate of drug-likeness (QED) is 0.412. The Morgan fingerprint density at radius 2 is 1.94 bits per heavy atom. The van der Waals surface area contributed by atoms with Crippen LogP contribution >= 0.6 is 11.3 Å². The largest absolute Gasteiger partial charge is 0.464 e. The number of thiophene rings is 1. The van der Waals surface area contributed by atoms with Crippen molar-refractivity contribution in [3.63, 3.8) is 0 Å². The van der Waals surface area contributed by atoms with Gasteiger partial charge in [-0.25, -0.2) is 4.39 Å². The molecule has 11 heteroatoms. The predicted molar refractivity (Wildman–Crippen MR) is 129 cm³/mol. The van der Waals surface area contributed by atoms with E-state index < -0.39 is 29.2 Å². The predicted octanol–water partition coefficient (Wildman–Crippen LogP) is 4.13. The maximum absolute atomic E-state index is 15.0. The van der Waals surface area contributed by atoms with Crippen molar-refractivity contribution in [1.29, 1.82) is 0 Å². The summed E-state index contributed by atoms with van der Waals surface area (Å²) in [4.78, 5) is 30.1. The van der Waals surface area contributed by atoms with E-state index in [0.717, 1.165) is 14.6 Å². The number of hydrogen-bond donors (Lipinski definition) is 1. The number of carbonyl (C=O) groups is 2. The summed E-state index contributed by atoms with van der Waals surface area (Å²) in [6, 6.07) is 11.5. The molecule has 3 heterocycles. The maximum atomic E-state index is 15.0. The lowest BCUT2D eigenvalue weighted by Gasteiger charge is -2.32. The molecule has 4 rings (SSSR count). The van der Waals surface area contributed by atoms with Gasteiger partial charge in [0.05, 0.1) is 10.6 Å². The number of carbonyl (C=O) groups excluding carboxylic acids is 2. The standard InChI is InChI=1S/C24H25FN6O3S/c1-15-11-12-18(34-15)21(23(33)26-24(2,3)4)31(17-9-6-5-8-16(17)25)20(32)14-30-28-22(27-29-30)19-10-7-13-35-19/h5-13,21H,14H2,1-4H3,(H,26,33). The van der Waals surface area contributed by atoms with E-state index in [0.29, 0.717) is 11.6 Å². The molecule has 0 fully saturated rings. The molecular weight excluding hydrogens is 471 g/mol. The molecule has 0 radical (unpaired) electrons. The highest BCUT2D eigenvalue weighted by molar-refractivity contribution is 7.13. The van der Waals surface area contributed by atoms with Crippen LogP contribution in [0.4, 0.5) is 10.1 Å². The second-order valence-corrected chi connectivity index (χ2v) is 9.87. The van der Waals surface area contributed by atoms with Crippen molar-refractivity contribution in [1.82, 2.24) is 25.5 Å². The van der Waals surface area contributed by atoms with Gasteiger partial charge < -0.3 is 9.73 Å². The highest BCUT2D eigenvalue weighted by Gasteiger charge is 2.38. The zero-order valence-corrected chi connectivity index (χ0v) is 20.5. The number of tetrazole rings is 1. The zero-order chi connectivity index (χ0) is 25.2. The van der Waals surface area contributed by atoms with E-state index in [2.05, 4.69) is 20.7 Å². The maximum Gasteiger partial charge on any atom is 0.251 e. The third-order valence-electron chi connectivity index (χ3n) is 4.89. The lowest BCUT2D eigenvalue weighted by molar-refractivity contribution is -0.128. The number of rotatable bonds is 7. The Hall–Kier alpha value is -3.86. The van der Waals surface area contributed by atoms with Gasteiger partial charge in [-0.3, -0.25) is 14.5 Å². The van der Waals surface area contributed by atoms with Crippen molar-refractivity contribution in [2.45, 2.75) is 45.8 Å². The number of aromatic nitrogens is 4. The Morgan fingerprint density at radius 3 is 2.57 bits per heavy atom. The molecule has 182 valence electrons. The number of benzene rings is 1. The Balaban J connectivity index is 1.75. The number of anilines is 1. The Morgan fingerprint density at radius 1 is 1.17 bits per heavy atom. The van der Waals surface area contributed by atoms with Crippen molar-refractivity contribution in [2.75, 3.05) is 4.90 Å². The van der Waals surface area contributed by atoms with E-state index in [9.17, 15) is 9.59 Å². The molecular formula is C24H25FN6O3S. The fourth-order valence-corrected chi connectivity index (χ4v) is 4.14. The molecule has 3 aromatic heterocycles. The summed E-state index contributed by atoms with van der Waals surface area (Å²) in [7, 11) is 0. The minimum Gasteiger partial charge on any atom is -0.464 e. The third kappa shape index (κ3) is 5.62. The van der Waals surface area contributed by atoms with Crippen molar-refractivity contribution in [3.8, 4) is 10.7 Å². The highest BCUT2D eigenvalue weighted by atomic mass is 32.1. The number of halogens is 1. The lowest BCUT2D eigenvalue weighted by Crippen LogP contribution is -2.50. The Labute approximate surface area is 205 Å². The molecule has 4 aromatic rings. The van der Waals surface area contributed by atoms with Crippen molar-refractivity contribution < 1.29 is 18.4 Å². The van der Waals surface area contributed by atoms with Gasteiger partial charge in [-0.15, -0.1) is 21.5 Å². The van der Waals surface area contributed by atoms with Crippen LogP contribution in [0.3, 0.4) is 0 Å². The van der Waals surface area contributed by atoms with Gasteiger partial charge in [-0.05, 0) is 68.6 Å². The van der Waals surface area contributed by atoms with Gasteiger partial charge in [-0.2, -0.15) is 4.80 Å². The van der Waals surface area contributed by atoms with Crippen LogP contribution in [0.2, 0.25) is 0 Å². The van der Waals surface area contributed by atoms with Crippen molar-refractivity contribution >= 4 is 28.8 Å². The number of hydrogen-bond acceptors (Lipinski definition) is 7. The minimum atomic E-state index is -1.27. The van der Waals surface area contributed by atoms with E-state index in [4.69, 9.17) is 4.42 Å². The summed E-state index contributed by atoms with van der Waals surface area (Å²) in [5.74, 6) is -0.681. The van der Waals surface area contributed by atoms with Crippen LogP contribution in [0.25, 0.3) is 10.7 Å². The Bertz CT molecular complexity index is 1320. The third-order valence-corrected chi connectivity index (χ3v) is 5.75. The number of nitrogens with one attached hydrogen (secondary N) is 1. The summed E-state index contributed by atoms with van der Waals surface area (Å²) in [6.45, 7) is 6.80. The normalized spacial score (nSPS) is 12.4. The van der Waals surface area contributed by atoms with Gasteiger partial charge in [0.25, 0.3) is 11.8 Å². The summed E-state index contributed by atoms with van der Waals surface area (Å²) < 4.78 is 20.8. The minimum absolute atomic E-state index is 0.0702. The molecule has 0 saturated heterocycles. The zero-order valence-electron chi connectivity index (χ0n) is 19.7. The molecule has 9 nitrogen and oxygen atoms in total. The van der Waals surface area contributed by atoms with Crippen LogP contribution < -0.4 is 10.2 Å². The summed E-state index contributed by atoms with van der Waals surface area (Å²) in [6.07, 6.45) is 0. The van der Waals surface area contributed by atoms with E-state index in [1.54, 1.807) is 25.1 Å². The van der Waals surface area contributed by atoms with Crippen LogP contribution in [0.1, 0.15) is 38.3 Å². The first-order chi connectivity index (χ1) is 16.6. The van der Waals surface area contributed by atoms with Gasteiger partial charge in [0.15, 0.2) is 6.04 Å². The average molecular weight is 497 g/mol. The topological polar surface area (TPSA) is 106 Å². The molecule has 1 unspecified atom stereocenters. The SMILES string of the molecule is Cc1ccc(C(C(=O)NC(C)(C)C)N(C(=O)Cn2nnc(-c3cccs3)n2)c2ccccc2F)o1. The van der Waals surface area contributed by atoms with Crippen LogP contribution in [-0.2, 0) is 16.1 Å². The number of nitrogens with zero attached hydrogens (tertiary/aromatic N) is 5. The van der Waals surface area contributed by atoms with Crippen LogP contribution in [0, 0.1) is 12.7 Å². The first kappa shape index (κ1) is 24.3. The molecule has 0 spiro atoms. The average Bonchev–Trinajstić information content (AvgIpc) is 3.53. The molecule has 0 aliphatic heterocycles. The van der Waals surface area contributed by atoms with Gasteiger partial charge in [0.1, 0.15) is 23.9 Å². The summed E-state index contributed by atoms with van der Waals surface area (Å²) in [5, 5.41) is 17.0. The molecule has 1 N–H and O–H groups in total. The van der Waals surface area contributed by atoms with Crippen LogP contribution in [0.15, 0.2) is 58.3 Å². The van der Waals surface area contributed by atoms with E-state index >= 15 is 4.39 Å². The molecule has 0 saturated carbocycles. The molecule has 0 bridgehead atoms. The van der Waals surface area contributed by atoms with Gasteiger partial charge in [0.2, 0.25) is 5.82 Å². The number of para-hydroxylation sites is 1. The van der Waals surface area contributed by atoms with Gasteiger partial charge in [-0.1, -0.05) is 18.2 Å². The number of amides is 2. The Kier molecular flexibility index (Phi) is 6.79. The van der Waals surface area contributed by atoms with Crippen LogP contribution in [-0.4, -0.2) is 37.6 Å². The van der Waals surface area contributed by atoms with E-state index in [-0.39, 0.29) is 18.0 Å². The number of furan rings is 1. The monoisotopic (exact) mass is 496 g/mol. The molecule has 2 amide bonds.